The van der Waals surface area contributed by atoms with Gasteiger partial charge in [0, 0.05) is 6.20 Å². The zero-order valence-corrected chi connectivity index (χ0v) is 4.40. The second-order valence-corrected chi connectivity index (χ2v) is 1.56. The molecule has 2 rings (SSSR count). The number of fused-ring (bicyclic) bond motifs is 1. The maximum absolute atomic E-state index is 4.69. The van der Waals surface area contributed by atoms with Gasteiger partial charge in [0.1, 0.15) is 0 Å². The molecule has 0 atom stereocenters. The van der Waals surface area contributed by atoms with Crippen LogP contribution >= 0.6 is 0 Å². The van der Waals surface area contributed by atoms with Crippen molar-refractivity contribution in [1.82, 2.24) is 15.1 Å². The van der Waals surface area contributed by atoms with Crippen molar-refractivity contribution in [3.05, 3.63) is 18.7 Å². The highest BCUT2D eigenvalue weighted by molar-refractivity contribution is 5.69. The fourth-order valence-electron chi connectivity index (χ4n) is 0.587. The molecule has 0 saturated heterocycles. The van der Waals surface area contributed by atoms with E-state index >= 15 is 0 Å². The van der Waals surface area contributed by atoms with Crippen LogP contribution in [0.4, 0.5) is 0 Å². The maximum Gasteiger partial charge on any atom is 0.261 e. The van der Waals surface area contributed by atoms with E-state index in [2.05, 4.69) is 26.0 Å². The van der Waals surface area contributed by atoms with Crippen molar-refractivity contribution in [2.24, 2.45) is 0 Å². The monoisotopic (exact) mass is 120 g/mol. The van der Waals surface area contributed by atoms with E-state index in [0.29, 0.717) is 5.71 Å². The van der Waals surface area contributed by atoms with Gasteiger partial charge in [-0.3, -0.25) is 0 Å². The maximum atomic E-state index is 4.69. The topological polar surface area (TPSA) is 51.8 Å². The van der Waals surface area contributed by atoms with Crippen LogP contribution in [-0.2, 0) is 0 Å². The molecule has 2 aromatic rings. The van der Waals surface area contributed by atoms with Gasteiger partial charge in [-0.1, -0.05) is 5.16 Å². The minimum atomic E-state index is 0.477. The molecule has 0 spiro atoms. The van der Waals surface area contributed by atoms with E-state index in [9.17, 15) is 0 Å². The minimum Gasteiger partial charge on any atom is -0.336 e. The molecular formula is C5H2N3O. The predicted octanol–water partition coefficient (Wildman–Crippen LogP) is 0.418. The van der Waals surface area contributed by atoms with E-state index in [-0.39, 0.29) is 0 Å². The quantitative estimate of drug-likeness (QED) is 0.505. The molecule has 1 radical (unpaired) electrons. The third-order valence-corrected chi connectivity index (χ3v) is 0.991. The van der Waals surface area contributed by atoms with Gasteiger partial charge in [-0.15, -0.1) is 0 Å². The van der Waals surface area contributed by atoms with Crippen molar-refractivity contribution < 1.29 is 4.52 Å². The average Bonchev–Trinajstić information content (AvgIpc) is 2.33. The first kappa shape index (κ1) is 4.43. The molecule has 0 aliphatic carbocycles. The van der Waals surface area contributed by atoms with Gasteiger partial charge >= 0.3 is 0 Å². The van der Waals surface area contributed by atoms with E-state index in [4.69, 9.17) is 0 Å². The van der Waals surface area contributed by atoms with Crippen LogP contribution < -0.4 is 0 Å². The number of hydrogen-bond donors (Lipinski definition) is 0. The summed E-state index contributed by atoms with van der Waals surface area (Å²) in [4.78, 5) is 7.32. The van der Waals surface area contributed by atoms with Crippen LogP contribution in [0, 0.1) is 6.33 Å². The van der Waals surface area contributed by atoms with Crippen molar-refractivity contribution >= 4 is 11.1 Å². The zero-order chi connectivity index (χ0) is 6.10. The Bertz CT molecular complexity index is 286. The second kappa shape index (κ2) is 1.51. The van der Waals surface area contributed by atoms with Gasteiger partial charge in [0.25, 0.3) is 5.71 Å². The van der Waals surface area contributed by atoms with Gasteiger partial charge in [-0.05, 0) is 0 Å². The van der Waals surface area contributed by atoms with Crippen molar-refractivity contribution in [2.45, 2.75) is 0 Å². The molecule has 43 valence electrons. The first-order valence-corrected chi connectivity index (χ1v) is 2.40. The summed E-state index contributed by atoms with van der Waals surface area (Å²) in [5, 5.41) is 4.30. The lowest BCUT2D eigenvalue weighted by Gasteiger charge is -1.76. The lowest BCUT2D eigenvalue weighted by Crippen LogP contribution is -1.73. The number of nitrogens with zero attached hydrogens (tertiary/aromatic N) is 3. The fraction of sp³-hybridized carbons (Fsp3) is 0. The lowest BCUT2D eigenvalue weighted by atomic mass is 10.5. The summed E-state index contributed by atoms with van der Waals surface area (Å²) in [6.07, 6.45) is 5.54. The Morgan fingerprint density at radius 3 is 3.33 bits per heavy atom. The van der Waals surface area contributed by atoms with Gasteiger partial charge < -0.3 is 4.52 Å². The van der Waals surface area contributed by atoms with Crippen LogP contribution in [0.3, 0.4) is 0 Å². The summed E-state index contributed by atoms with van der Waals surface area (Å²) in [6.45, 7) is 0. The Morgan fingerprint density at radius 1 is 1.44 bits per heavy atom. The summed E-state index contributed by atoms with van der Waals surface area (Å²) < 4.78 is 4.69. The van der Waals surface area contributed by atoms with Crippen molar-refractivity contribution in [3.63, 3.8) is 0 Å². The van der Waals surface area contributed by atoms with Crippen LogP contribution in [0.2, 0.25) is 0 Å². The normalized spacial score (nSPS) is 10.2. The molecule has 0 unspecified atom stereocenters. The SMILES string of the molecule is [c]1ncc2cnoc2n1. The van der Waals surface area contributed by atoms with E-state index in [1.807, 2.05) is 0 Å². The molecule has 4 nitrogen and oxygen atoms in total. The highest BCUT2D eigenvalue weighted by Crippen LogP contribution is 2.04. The van der Waals surface area contributed by atoms with E-state index < -0.39 is 0 Å². The summed E-state index contributed by atoms with van der Waals surface area (Å²) in [7, 11) is 0. The highest BCUT2D eigenvalue weighted by Gasteiger charge is 1.94. The highest BCUT2D eigenvalue weighted by atomic mass is 16.5. The average molecular weight is 120 g/mol. The number of rotatable bonds is 0. The van der Waals surface area contributed by atoms with E-state index in [0.717, 1.165) is 5.39 Å². The molecule has 0 aliphatic rings. The Hall–Kier alpha value is -1.45. The second-order valence-electron chi connectivity index (χ2n) is 1.56. The summed E-state index contributed by atoms with van der Waals surface area (Å²) in [6, 6.07) is 0. The summed E-state index contributed by atoms with van der Waals surface area (Å²) in [5.74, 6) is 0. The van der Waals surface area contributed by atoms with Crippen LogP contribution in [0.1, 0.15) is 0 Å². The van der Waals surface area contributed by atoms with Gasteiger partial charge in [-0.25, -0.2) is 4.98 Å². The summed E-state index contributed by atoms with van der Waals surface area (Å²) >= 11 is 0. The Balaban J connectivity index is 2.95. The Morgan fingerprint density at radius 2 is 2.44 bits per heavy atom. The molecule has 9 heavy (non-hydrogen) atoms. The number of hydrogen-bond acceptors (Lipinski definition) is 4. The van der Waals surface area contributed by atoms with Crippen molar-refractivity contribution in [3.8, 4) is 0 Å². The molecule has 0 N–H and O–H groups in total. The predicted molar refractivity (Wildman–Crippen MR) is 28.4 cm³/mol. The van der Waals surface area contributed by atoms with Crippen LogP contribution in [-0.4, -0.2) is 15.1 Å². The third-order valence-electron chi connectivity index (χ3n) is 0.991. The smallest absolute Gasteiger partial charge is 0.261 e. The van der Waals surface area contributed by atoms with Crippen LogP contribution in [0.25, 0.3) is 11.1 Å². The molecule has 0 aliphatic heterocycles. The Kier molecular flexibility index (Phi) is 0.745. The first-order valence-electron chi connectivity index (χ1n) is 2.40. The van der Waals surface area contributed by atoms with Crippen molar-refractivity contribution in [2.75, 3.05) is 0 Å². The lowest BCUT2D eigenvalue weighted by molar-refractivity contribution is 0.448. The molecule has 0 aromatic carbocycles. The summed E-state index contributed by atoms with van der Waals surface area (Å²) in [5.41, 5.74) is 0.477. The number of aromatic nitrogens is 3. The van der Waals surface area contributed by atoms with Crippen LogP contribution in [0.5, 0.6) is 0 Å². The molecule has 4 heteroatoms. The van der Waals surface area contributed by atoms with Gasteiger partial charge in [0.05, 0.1) is 11.6 Å². The molecule has 0 amide bonds. The van der Waals surface area contributed by atoms with Gasteiger partial charge in [0.15, 0.2) is 0 Å². The molecule has 2 heterocycles. The van der Waals surface area contributed by atoms with Gasteiger partial charge in [0.2, 0.25) is 6.33 Å². The Labute approximate surface area is 50.5 Å². The zero-order valence-electron chi connectivity index (χ0n) is 4.40. The molecular weight excluding hydrogens is 118 g/mol. The molecule has 2 aromatic heterocycles. The third kappa shape index (κ3) is 0.561. The first-order chi connectivity index (χ1) is 4.47. The fourth-order valence-corrected chi connectivity index (χ4v) is 0.587. The largest absolute Gasteiger partial charge is 0.336 e. The van der Waals surface area contributed by atoms with Gasteiger partial charge in [-0.2, -0.15) is 4.98 Å². The van der Waals surface area contributed by atoms with E-state index in [1.165, 1.54) is 0 Å². The minimum absolute atomic E-state index is 0.477. The van der Waals surface area contributed by atoms with Crippen LogP contribution in [0.15, 0.2) is 16.9 Å². The van der Waals surface area contributed by atoms with E-state index in [1.54, 1.807) is 12.4 Å². The van der Waals surface area contributed by atoms with Crippen molar-refractivity contribution in [1.29, 1.82) is 0 Å². The molecule has 0 saturated carbocycles. The molecule has 0 fully saturated rings. The molecule has 0 bridgehead atoms. The standard InChI is InChI=1S/C5H2N3O/c1-4-2-8-9-5(4)7-3-6-1/h1-2H.